The molecule has 0 amide bonds. The Hall–Kier alpha value is -1.16. The van der Waals surface area contributed by atoms with Gasteiger partial charge in [0, 0.05) is 5.56 Å². The van der Waals surface area contributed by atoms with Gasteiger partial charge in [-0.3, -0.25) is 5.43 Å². The van der Waals surface area contributed by atoms with E-state index in [1.165, 1.54) is 39.5 Å². The van der Waals surface area contributed by atoms with Gasteiger partial charge in [-0.2, -0.15) is 5.10 Å². The first kappa shape index (κ1) is 21.1. The van der Waals surface area contributed by atoms with Gasteiger partial charge >= 0.3 is 0 Å². The Bertz CT molecular complexity index is 683. The zero-order valence-electron chi connectivity index (χ0n) is 15.7. The third kappa shape index (κ3) is 3.26. The van der Waals surface area contributed by atoms with Crippen LogP contribution in [0.1, 0.15) is 38.8 Å². The monoisotopic (exact) mass is 384 g/mol. The number of nitrogens with zero attached hydrogens (tertiary/aromatic N) is 1. The van der Waals surface area contributed by atoms with Gasteiger partial charge in [0.15, 0.2) is 0 Å². The first-order valence-corrected chi connectivity index (χ1v) is 9.23. The molecule has 1 aromatic rings. The van der Waals surface area contributed by atoms with Crippen molar-refractivity contribution in [2.24, 2.45) is 5.10 Å². The number of aliphatic hydroxyl groups is 5. The van der Waals surface area contributed by atoms with Crippen molar-refractivity contribution in [3.8, 4) is 0 Å². The Labute approximate surface area is 157 Å². The molecular formula is C18H28N2O5S. The number of hydrazone groups is 1. The van der Waals surface area contributed by atoms with E-state index in [-0.39, 0.29) is 0 Å². The second kappa shape index (κ2) is 6.78. The highest BCUT2D eigenvalue weighted by molar-refractivity contribution is 8.15. The predicted octanol–water partition coefficient (Wildman–Crippen LogP) is 0.315. The van der Waals surface area contributed by atoms with Gasteiger partial charge in [0.2, 0.25) is 0 Å². The molecule has 7 nitrogen and oxygen atoms in total. The van der Waals surface area contributed by atoms with Gasteiger partial charge in [0.25, 0.3) is 0 Å². The molecule has 0 unspecified atom stereocenters. The maximum absolute atomic E-state index is 11.1. The SMILES string of the molecule is Cc1ccc(C2=NN[C@H]([C@](C)(O)[C@](C)(O)[C@](C)(O)[C@@](C)(O)CO)S2)cc1. The minimum atomic E-state index is -2.22. The molecule has 0 saturated heterocycles. The summed E-state index contributed by atoms with van der Waals surface area (Å²) in [5.41, 5.74) is -3.58. The smallest absolute Gasteiger partial charge is 0.127 e. The van der Waals surface area contributed by atoms with Gasteiger partial charge < -0.3 is 25.5 Å². The van der Waals surface area contributed by atoms with E-state index in [0.29, 0.717) is 5.04 Å². The second-order valence-corrected chi connectivity index (χ2v) is 8.73. The van der Waals surface area contributed by atoms with Crippen molar-refractivity contribution >= 4 is 16.8 Å². The molecule has 26 heavy (non-hydrogen) atoms. The van der Waals surface area contributed by atoms with Crippen LogP contribution in [-0.2, 0) is 0 Å². The molecule has 1 aromatic carbocycles. The van der Waals surface area contributed by atoms with E-state index < -0.39 is 34.4 Å². The summed E-state index contributed by atoms with van der Waals surface area (Å²) < 4.78 is 0. The van der Waals surface area contributed by atoms with Crippen molar-refractivity contribution < 1.29 is 25.5 Å². The number of aryl methyl sites for hydroxylation is 1. The molecule has 0 radical (unpaired) electrons. The van der Waals surface area contributed by atoms with Crippen molar-refractivity contribution in [3.63, 3.8) is 0 Å². The minimum Gasteiger partial charge on any atom is -0.393 e. The largest absolute Gasteiger partial charge is 0.393 e. The third-order valence-electron chi connectivity index (χ3n) is 5.61. The molecule has 8 heteroatoms. The quantitative estimate of drug-likeness (QED) is 0.417. The van der Waals surface area contributed by atoms with Crippen LogP contribution in [0, 0.1) is 6.92 Å². The number of aliphatic hydroxyl groups excluding tert-OH is 1. The molecule has 1 heterocycles. The molecule has 0 aromatic heterocycles. The summed E-state index contributed by atoms with van der Waals surface area (Å²) in [4.78, 5) is 0. The molecule has 6 N–H and O–H groups in total. The Morgan fingerprint density at radius 2 is 1.54 bits per heavy atom. The highest BCUT2D eigenvalue weighted by Crippen LogP contribution is 2.44. The molecular weight excluding hydrogens is 356 g/mol. The van der Waals surface area contributed by atoms with Crippen molar-refractivity contribution in [3.05, 3.63) is 35.4 Å². The Morgan fingerprint density at radius 1 is 1.00 bits per heavy atom. The number of benzene rings is 1. The molecule has 1 aliphatic rings. The second-order valence-electron chi connectivity index (χ2n) is 7.63. The molecule has 0 fully saturated rings. The van der Waals surface area contributed by atoms with E-state index in [1.807, 2.05) is 31.2 Å². The zero-order chi connectivity index (χ0) is 20.0. The fourth-order valence-electron chi connectivity index (χ4n) is 2.78. The lowest BCUT2D eigenvalue weighted by Gasteiger charge is -2.53. The molecule has 5 atom stereocenters. The average molecular weight is 384 g/mol. The lowest BCUT2D eigenvalue weighted by molar-refractivity contribution is -0.286. The number of rotatable bonds is 6. The molecule has 2 rings (SSSR count). The van der Waals surface area contributed by atoms with E-state index in [1.54, 1.807) is 0 Å². The standard InChI is InChI=1S/C18H28N2O5S/c1-11-6-8-12(9-7-11)13-19-20-14(26-13)16(3,23)18(5,25)17(4,24)15(2,22)10-21/h6-9,14,20-25H,10H2,1-5H3/t14-,15-,16-,17+,18-/m0/s1. The van der Waals surface area contributed by atoms with E-state index >= 15 is 0 Å². The summed E-state index contributed by atoms with van der Waals surface area (Å²) in [7, 11) is 0. The molecule has 0 saturated carbocycles. The van der Waals surface area contributed by atoms with Crippen molar-refractivity contribution in [1.82, 2.24) is 5.43 Å². The lowest BCUT2D eigenvalue weighted by Crippen LogP contribution is -2.75. The number of thioether (sulfide) groups is 1. The molecule has 1 aliphatic heterocycles. The Morgan fingerprint density at radius 3 is 2.04 bits per heavy atom. The van der Waals surface area contributed by atoms with Gasteiger partial charge in [-0.05, 0) is 34.6 Å². The van der Waals surface area contributed by atoms with Gasteiger partial charge in [-0.25, -0.2) is 0 Å². The van der Waals surface area contributed by atoms with Gasteiger partial charge in [-0.15, -0.1) is 0 Å². The summed E-state index contributed by atoms with van der Waals surface area (Å²) in [6, 6.07) is 7.71. The fraction of sp³-hybridized carbons (Fsp3) is 0.611. The van der Waals surface area contributed by atoms with Crippen LogP contribution in [0.4, 0.5) is 0 Å². The van der Waals surface area contributed by atoms with Crippen LogP contribution < -0.4 is 5.43 Å². The maximum atomic E-state index is 11.1. The third-order valence-corrected chi connectivity index (χ3v) is 6.96. The maximum Gasteiger partial charge on any atom is 0.127 e. The predicted molar refractivity (Wildman–Crippen MR) is 102 cm³/mol. The fourth-order valence-corrected chi connectivity index (χ4v) is 3.94. The van der Waals surface area contributed by atoms with Gasteiger partial charge in [-0.1, -0.05) is 41.6 Å². The van der Waals surface area contributed by atoms with E-state index in [9.17, 15) is 25.5 Å². The highest BCUT2D eigenvalue weighted by Gasteiger charge is 2.64. The van der Waals surface area contributed by atoms with Crippen molar-refractivity contribution in [2.75, 3.05) is 6.61 Å². The summed E-state index contributed by atoms with van der Waals surface area (Å²) in [5, 5.41) is 56.7. The zero-order valence-corrected chi connectivity index (χ0v) is 16.5. The number of hydrogen-bond donors (Lipinski definition) is 6. The topological polar surface area (TPSA) is 126 Å². The summed E-state index contributed by atoms with van der Waals surface area (Å²) in [5.74, 6) is 0. The number of hydrogen-bond acceptors (Lipinski definition) is 8. The van der Waals surface area contributed by atoms with Crippen LogP contribution in [0.2, 0.25) is 0 Å². The van der Waals surface area contributed by atoms with Crippen LogP contribution >= 0.6 is 11.8 Å². The molecule has 146 valence electrons. The minimum absolute atomic E-state index is 0.639. The normalized spacial score (nSPS) is 26.7. The van der Waals surface area contributed by atoms with Crippen LogP contribution in [0.25, 0.3) is 0 Å². The van der Waals surface area contributed by atoms with E-state index in [4.69, 9.17) is 0 Å². The van der Waals surface area contributed by atoms with E-state index in [2.05, 4.69) is 10.5 Å². The Balaban J connectivity index is 2.26. The Kier molecular flexibility index (Phi) is 5.51. The van der Waals surface area contributed by atoms with Crippen molar-refractivity contribution in [2.45, 2.75) is 62.4 Å². The number of nitrogens with one attached hydrogen (secondary N) is 1. The summed E-state index contributed by atoms with van der Waals surface area (Å²) in [6.45, 7) is 6.14. The average Bonchev–Trinajstić information content (AvgIpc) is 3.05. The van der Waals surface area contributed by atoms with Gasteiger partial charge in [0.05, 0.1) is 6.61 Å². The van der Waals surface area contributed by atoms with Gasteiger partial charge in [0.1, 0.15) is 32.8 Å². The van der Waals surface area contributed by atoms with E-state index in [0.717, 1.165) is 11.1 Å². The molecule has 0 bridgehead atoms. The first-order valence-electron chi connectivity index (χ1n) is 8.35. The van der Waals surface area contributed by atoms with Crippen LogP contribution in [0.5, 0.6) is 0 Å². The first-order chi connectivity index (χ1) is 11.8. The summed E-state index contributed by atoms with van der Waals surface area (Å²) in [6.07, 6.45) is 0. The lowest BCUT2D eigenvalue weighted by atomic mass is 9.66. The molecule has 0 aliphatic carbocycles. The highest BCUT2D eigenvalue weighted by atomic mass is 32.2. The van der Waals surface area contributed by atoms with Crippen LogP contribution in [0.3, 0.4) is 0 Å². The molecule has 0 spiro atoms. The van der Waals surface area contributed by atoms with Crippen LogP contribution in [0.15, 0.2) is 29.4 Å². The van der Waals surface area contributed by atoms with Crippen LogP contribution in [-0.4, -0.2) is 65.0 Å². The summed E-state index contributed by atoms with van der Waals surface area (Å²) >= 11 is 1.21. The van der Waals surface area contributed by atoms with Crippen molar-refractivity contribution in [1.29, 1.82) is 0 Å².